The van der Waals surface area contributed by atoms with Crippen molar-refractivity contribution in [3.63, 3.8) is 0 Å². The predicted molar refractivity (Wildman–Crippen MR) is 84.7 cm³/mol. The lowest BCUT2D eigenvalue weighted by Gasteiger charge is -2.59. The van der Waals surface area contributed by atoms with E-state index in [9.17, 15) is 22.4 Å². The molecule has 146 valence electrons. The van der Waals surface area contributed by atoms with Crippen LogP contribution in [-0.4, -0.2) is 79.0 Å². The largest absolute Gasteiger partial charge is 0.378 e. The number of halogens is 4. The van der Waals surface area contributed by atoms with Gasteiger partial charge in [-0.25, -0.2) is 8.78 Å². The molecule has 0 aromatic heterocycles. The van der Waals surface area contributed by atoms with Crippen LogP contribution in [-0.2, 0) is 9.53 Å². The number of nitrogens with two attached hydrogens (primary N) is 1. The smallest absolute Gasteiger partial charge is 0.319 e. The zero-order valence-electron chi connectivity index (χ0n) is 14.9. The zero-order chi connectivity index (χ0) is 19.0. The molecule has 2 aliphatic rings. The average molecular weight is 369 g/mol. The molecular formula is C16H27F4N3O2. The molecule has 1 aliphatic carbocycles. The molecule has 1 heterocycles. The normalized spacial score (nSPS) is 30.4. The van der Waals surface area contributed by atoms with Crippen molar-refractivity contribution >= 4 is 5.91 Å². The third kappa shape index (κ3) is 3.64. The van der Waals surface area contributed by atoms with E-state index >= 15 is 0 Å². The molecule has 0 aromatic carbocycles. The highest BCUT2D eigenvalue weighted by molar-refractivity contribution is 5.89. The fourth-order valence-corrected chi connectivity index (χ4v) is 3.56. The van der Waals surface area contributed by atoms with Crippen LogP contribution in [0.1, 0.15) is 27.2 Å². The molecule has 0 aromatic rings. The first-order valence-electron chi connectivity index (χ1n) is 8.54. The maximum Gasteiger partial charge on any atom is 0.319 e. The summed E-state index contributed by atoms with van der Waals surface area (Å²) in [5, 5.41) is 0. The monoisotopic (exact) mass is 369 g/mol. The van der Waals surface area contributed by atoms with Gasteiger partial charge in [-0.2, -0.15) is 8.78 Å². The lowest BCUT2D eigenvalue weighted by atomic mass is 9.54. The van der Waals surface area contributed by atoms with Gasteiger partial charge < -0.3 is 15.4 Å². The van der Waals surface area contributed by atoms with Crippen LogP contribution in [0.3, 0.4) is 0 Å². The van der Waals surface area contributed by atoms with E-state index in [1.807, 2.05) is 20.8 Å². The van der Waals surface area contributed by atoms with Gasteiger partial charge in [0.05, 0.1) is 12.6 Å². The van der Waals surface area contributed by atoms with E-state index in [4.69, 9.17) is 10.5 Å². The van der Waals surface area contributed by atoms with Gasteiger partial charge in [0.2, 0.25) is 5.91 Å². The Morgan fingerprint density at radius 3 is 2.28 bits per heavy atom. The first-order valence-corrected chi connectivity index (χ1v) is 8.54. The molecule has 1 amide bonds. The fraction of sp³-hybridized carbons (Fsp3) is 0.938. The second-order valence-corrected chi connectivity index (χ2v) is 7.47. The van der Waals surface area contributed by atoms with Crippen LogP contribution in [0.15, 0.2) is 0 Å². The van der Waals surface area contributed by atoms with Crippen molar-refractivity contribution in [2.45, 2.75) is 51.2 Å². The number of amides is 1. The third-order valence-corrected chi connectivity index (χ3v) is 5.62. The molecule has 5 nitrogen and oxygen atoms in total. The molecule has 0 spiro atoms. The number of hydrogen-bond donors (Lipinski definition) is 1. The van der Waals surface area contributed by atoms with Gasteiger partial charge >= 0.3 is 12.3 Å². The Balaban J connectivity index is 1.92. The highest BCUT2D eigenvalue weighted by Crippen LogP contribution is 2.50. The minimum Gasteiger partial charge on any atom is -0.378 e. The van der Waals surface area contributed by atoms with Crippen molar-refractivity contribution in [2.24, 2.45) is 11.1 Å². The SMILES string of the molecule is CCOC1CC(N)(C(=O)N2CCN(CC(F)(F)C(F)F)CC2)C1(C)C. The number of alkyl halides is 4. The second-order valence-electron chi connectivity index (χ2n) is 7.47. The highest BCUT2D eigenvalue weighted by atomic mass is 19.3. The average Bonchev–Trinajstić information content (AvgIpc) is 2.54. The van der Waals surface area contributed by atoms with Gasteiger partial charge in [0.15, 0.2) is 0 Å². The summed E-state index contributed by atoms with van der Waals surface area (Å²) in [5.41, 5.74) is 4.77. The Morgan fingerprint density at radius 1 is 1.28 bits per heavy atom. The molecule has 2 fully saturated rings. The van der Waals surface area contributed by atoms with Gasteiger partial charge in [0.1, 0.15) is 5.54 Å². The molecule has 1 saturated heterocycles. The van der Waals surface area contributed by atoms with Gasteiger partial charge in [0.25, 0.3) is 0 Å². The Bertz CT molecular complexity index is 496. The van der Waals surface area contributed by atoms with Gasteiger partial charge in [-0.1, -0.05) is 13.8 Å². The highest BCUT2D eigenvalue weighted by Gasteiger charge is 2.63. The molecule has 0 radical (unpaired) electrons. The Hall–Kier alpha value is -0.930. The molecule has 25 heavy (non-hydrogen) atoms. The lowest BCUT2D eigenvalue weighted by Crippen LogP contribution is -2.76. The van der Waals surface area contributed by atoms with Crippen LogP contribution >= 0.6 is 0 Å². The number of ether oxygens (including phenoxy) is 1. The van der Waals surface area contributed by atoms with Crippen molar-refractivity contribution in [2.75, 3.05) is 39.3 Å². The van der Waals surface area contributed by atoms with E-state index < -0.39 is 29.8 Å². The van der Waals surface area contributed by atoms with Gasteiger partial charge in [-0.3, -0.25) is 9.69 Å². The van der Waals surface area contributed by atoms with Gasteiger partial charge in [0, 0.05) is 44.6 Å². The van der Waals surface area contributed by atoms with E-state index in [0.717, 1.165) is 0 Å². The summed E-state index contributed by atoms with van der Waals surface area (Å²) in [5.74, 6) is -4.27. The van der Waals surface area contributed by atoms with Crippen LogP contribution in [0.2, 0.25) is 0 Å². The van der Waals surface area contributed by atoms with Crippen molar-refractivity contribution in [3.05, 3.63) is 0 Å². The summed E-state index contributed by atoms with van der Waals surface area (Å²) in [4.78, 5) is 15.6. The van der Waals surface area contributed by atoms with Crippen LogP contribution in [0, 0.1) is 5.41 Å². The molecule has 2 unspecified atom stereocenters. The van der Waals surface area contributed by atoms with Crippen molar-refractivity contribution in [3.8, 4) is 0 Å². The molecule has 2 atom stereocenters. The van der Waals surface area contributed by atoms with Crippen molar-refractivity contribution in [1.82, 2.24) is 9.80 Å². The van der Waals surface area contributed by atoms with Crippen molar-refractivity contribution in [1.29, 1.82) is 0 Å². The van der Waals surface area contributed by atoms with E-state index in [1.165, 1.54) is 4.90 Å². The van der Waals surface area contributed by atoms with Crippen LogP contribution < -0.4 is 5.73 Å². The summed E-state index contributed by atoms with van der Waals surface area (Å²) in [6.45, 7) is 5.83. The standard InChI is InChI=1S/C16H27F4N3O2/c1-4-25-11-9-15(21,14(11,2)3)13(24)23-7-5-22(6-8-23)10-16(19,20)12(17)18/h11-12H,4-10,21H2,1-3H3. The lowest BCUT2D eigenvalue weighted by molar-refractivity contribution is -0.181. The summed E-state index contributed by atoms with van der Waals surface area (Å²) in [6.07, 6.45) is -3.38. The first kappa shape index (κ1) is 20.4. The number of carbonyl (C=O) groups is 1. The number of rotatable bonds is 6. The minimum atomic E-state index is -4.04. The fourth-order valence-electron chi connectivity index (χ4n) is 3.56. The molecule has 1 aliphatic heterocycles. The number of hydrogen-bond acceptors (Lipinski definition) is 4. The Labute approximate surface area is 145 Å². The second kappa shape index (κ2) is 7.00. The van der Waals surface area contributed by atoms with E-state index in [2.05, 4.69) is 0 Å². The molecular weight excluding hydrogens is 342 g/mol. The van der Waals surface area contributed by atoms with Crippen LogP contribution in [0.5, 0.6) is 0 Å². The maximum absolute atomic E-state index is 13.2. The predicted octanol–water partition coefficient (Wildman–Crippen LogP) is 1.56. The molecule has 2 N–H and O–H groups in total. The number of carbonyl (C=O) groups excluding carboxylic acids is 1. The Morgan fingerprint density at radius 2 is 1.84 bits per heavy atom. The molecule has 1 saturated carbocycles. The molecule has 9 heteroatoms. The number of piperazine rings is 1. The third-order valence-electron chi connectivity index (χ3n) is 5.62. The van der Waals surface area contributed by atoms with Gasteiger partial charge in [-0.05, 0) is 6.92 Å². The summed E-state index contributed by atoms with van der Waals surface area (Å²) >= 11 is 0. The number of nitrogens with zero attached hydrogens (tertiary/aromatic N) is 2. The minimum absolute atomic E-state index is 0.0996. The molecule has 2 rings (SSSR count). The summed E-state index contributed by atoms with van der Waals surface area (Å²) in [7, 11) is 0. The van der Waals surface area contributed by atoms with Crippen molar-refractivity contribution < 1.29 is 27.1 Å². The van der Waals surface area contributed by atoms with E-state index in [-0.39, 0.29) is 38.2 Å². The van der Waals surface area contributed by atoms with Crippen LogP contribution in [0.4, 0.5) is 17.6 Å². The molecule has 0 bridgehead atoms. The first-order chi connectivity index (χ1) is 11.5. The zero-order valence-corrected chi connectivity index (χ0v) is 14.9. The van der Waals surface area contributed by atoms with E-state index in [0.29, 0.717) is 13.0 Å². The quantitative estimate of drug-likeness (QED) is 0.722. The van der Waals surface area contributed by atoms with Crippen LogP contribution in [0.25, 0.3) is 0 Å². The van der Waals surface area contributed by atoms with Gasteiger partial charge in [-0.15, -0.1) is 0 Å². The van der Waals surface area contributed by atoms with E-state index in [1.54, 1.807) is 4.90 Å². The Kier molecular flexibility index (Phi) is 5.71. The topological polar surface area (TPSA) is 58.8 Å². The summed E-state index contributed by atoms with van der Waals surface area (Å²) < 4.78 is 56.5. The summed E-state index contributed by atoms with van der Waals surface area (Å²) in [6, 6.07) is 0. The maximum atomic E-state index is 13.2.